The number of carbonyl (C=O) groups excluding carboxylic acids is 1. The minimum absolute atomic E-state index is 0.247. The number of hydrogen-bond acceptors (Lipinski definition) is 2. The normalized spacial score (nSPS) is 10.3. The van der Waals surface area contributed by atoms with Crippen molar-refractivity contribution >= 4 is 34.8 Å². The van der Waals surface area contributed by atoms with Crippen molar-refractivity contribution in [3.05, 3.63) is 63.1 Å². The van der Waals surface area contributed by atoms with Gasteiger partial charge in [-0.05, 0) is 30.2 Å². The van der Waals surface area contributed by atoms with Crippen LogP contribution < -0.4 is 11.1 Å². The van der Waals surface area contributed by atoms with Gasteiger partial charge in [-0.3, -0.25) is 4.79 Å². The minimum Gasteiger partial charge on any atom is -0.380 e. The van der Waals surface area contributed by atoms with Crippen LogP contribution in [0.25, 0.3) is 0 Å². The third-order valence-corrected chi connectivity index (χ3v) is 3.55. The van der Waals surface area contributed by atoms with Crippen molar-refractivity contribution in [3.63, 3.8) is 0 Å². The van der Waals surface area contributed by atoms with Gasteiger partial charge in [0, 0.05) is 11.6 Å². The Balaban J connectivity index is 2.30. The number of amides is 1. The van der Waals surface area contributed by atoms with Crippen molar-refractivity contribution in [2.45, 2.75) is 13.5 Å². The van der Waals surface area contributed by atoms with Gasteiger partial charge in [0.25, 0.3) is 5.91 Å². The van der Waals surface area contributed by atoms with E-state index in [0.717, 1.165) is 11.1 Å². The molecule has 0 atom stereocenters. The summed E-state index contributed by atoms with van der Waals surface area (Å²) in [6.45, 7) is 2.58. The minimum atomic E-state index is -0.584. The zero-order valence-corrected chi connectivity index (χ0v) is 12.4. The molecule has 0 saturated heterocycles. The highest BCUT2D eigenvalue weighted by Gasteiger charge is 2.14. The predicted molar refractivity (Wildman–Crippen MR) is 83.5 cm³/mol. The average Bonchev–Trinajstić information content (AvgIpc) is 2.36. The number of benzene rings is 2. The van der Waals surface area contributed by atoms with E-state index in [2.05, 4.69) is 5.32 Å². The molecular weight excluding hydrogens is 295 g/mol. The molecule has 0 saturated carbocycles. The molecule has 20 heavy (non-hydrogen) atoms. The first-order valence-electron chi connectivity index (χ1n) is 6.06. The van der Waals surface area contributed by atoms with Crippen LogP contribution in [0.1, 0.15) is 21.5 Å². The molecule has 0 aliphatic rings. The second kappa shape index (κ2) is 6.16. The number of rotatable bonds is 4. The van der Waals surface area contributed by atoms with Gasteiger partial charge >= 0.3 is 0 Å². The first kappa shape index (κ1) is 14.7. The topological polar surface area (TPSA) is 55.1 Å². The van der Waals surface area contributed by atoms with E-state index >= 15 is 0 Å². The fourth-order valence-corrected chi connectivity index (χ4v) is 2.55. The van der Waals surface area contributed by atoms with Crippen LogP contribution in [-0.2, 0) is 6.54 Å². The molecular formula is C15H14Cl2N2O. The molecule has 0 bridgehead atoms. The summed E-state index contributed by atoms with van der Waals surface area (Å²) in [5, 5.41) is 3.86. The molecule has 0 aromatic heterocycles. The van der Waals surface area contributed by atoms with Crippen LogP contribution in [-0.4, -0.2) is 5.91 Å². The van der Waals surface area contributed by atoms with Crippen molar-refractivity contribution < 1.29 is 4.79 Å². The number of anilines is 1. The maximum Gasteiger partial charge on any atom is 0.252 e. The van der Waals surface area contributed by atoms with Gasteiger partial charge in [0.15, 0.2) is 0 Å². The molecule has 0 aliphatic heterocycles. The lowest BCUT2D eigenvalue weighted by Gasteiger charge is -2.13. The Labute approximate surface area is 127 Å². The van der Waals surface area contributed by atoms with E-state index in [1.54, 1.807) is 6.07 Å². The summed E-state index contributed by atoms with van der Waals surface area (Å²) in [7, 11) is 0. The van der Waals surface area contributed by atoms with Gasteiger partial charge in [-0.1, -0.05) is 47.5 Å². The van der Waals surface area contributed by atoms with E-state index in [9.17, 15) is 4.79 Å². The second-order valence-electron chi connectivity index (χ2n) is 4.45. The largest absolute Gasteiger partial charge is 0.380 e. The summed E-state index contributed by atoms with van der Waals surface area (Å²) in [6, 6.07) is 11.1. The summed E-state index contributed by atoms with van der Waals surface area (Å²) < 4.78 is 0. The molecule has 0 spiro atoms. The van der Waals surface area contributed by atoms with Crippen LogP contribution in [0.2, 0.25) is 10.0 Å². The predicted octanol–water partition coefficient (Wildman–Crippen LogP) is 4.01. The van der Waals surface area contributed by atoms with Gasteiger partial charge < -0.3 is 11.1 Å². The Hall–Kier alpha value is -1.71. The van der Waals surface area contributed by atoms with Gasteiger partial charge in [0.2, 0.25) is 0 Å². The molecule has 2 aromatic rings. The highest BCUT2D eigenvalue weighted by Crippen LogP contribution is 2.29. The number of nitrogens with two attached hydrogens (primary N) is 1. The van der Waals surface area contributed by atoms with Gasteiger partial charge in [0.05, 0.1) is 16.3 Å². The van der Waals surface area contributed by atoms with Crippen LogP contribution >= 0.6 is 23.2 Å². The fraction of sp³-hybridized carbons (Fsp3) is 0.133. The summed E-state index contributed by atoms with van der Waals surface area (Å²) >= 11 is 12.0. The standard InChI is InChI=1S/C15H14Cl2N2O/c1-9-4-2-3-5-10(9)8-19-13-7-11(16)6-12(17)14(13)15(18)20/h2-7,19H,8H2,1H3,(H2,18,20). The zero-order valence-electron chi connectivity index (χ0n) is 10.9. The van der Waals surface area contributed by atoms with Crippen molar-refractivity contribution in [3.8, 4) is 0 Å². The molecule has 2 aromatic carbocycles. The van der Waals surface area contributed by atoms with Crippen molar-refractivity contribution in [2.24, 2.45) is 5.73 Å². The highest BCUT2D eigenvalue weighted by molar-refractivity contribution is 6.37. The molecule has 2 rings (SSSR count). The van der Waals surface area contributed by atoms with E-state index in [-0.39, 0.29) is 10.6 Å². The molecule has 1 amide bonds. The van der Waals surface area contributed by atoms with Crippen LogP contribution in [0.3, 0.4) is 0 Å². The van der Waals surface area contributed by atoms with Crippen molar-refractivity contribution in [1.29, 1.82) is 0 Å². The molecule has 0 heterocycles. The Morgan fingerprint density at radius 3 is 2.60 bits per heavy atom. The van der Waals surface area contributed by atoms with Gasteiger partial charge in [-0.15, -0.1) is 0 Å². The van der Waals surface area contributed by atoms with Gasteiger partial charge in [-0.25, -0.2) is 0 Å². The molecule has 5 heteroatoms. The smallest absolute Gasteiger partial charge is 0.252 e. The van der Waals surface area contributed by atoms with Gasteiger partial charge in [0.1, 0.15) is 0 Å². The first-order valence-corrected chi connectivity index (χ1v) is 6.82. The highest BCUT2D eigenvalue weighted by atomic mass is 35.5. The first-order chi connectivity index (χ1) is 9.49. The van der Waals surface area contributed by atoms with E-state index in [1.165, 1.54) is 6.07 Å². The zero-order chi connectivity index (χ0) is 14.7. The number of aryl methyl sites for hydroxylation is 1. The van der Waals surface area contributed by atoms with E-state index in [4.69, 9.17) is 28.9 Å². The maximum atomic E-state index is 11.5. The summed E-state index contributed by atoms with van der Waals surface area (Å²) in [4.78, 5) is 11.5. The Morgan fingerprint density at radius 1 is 1.25 bits per heavy atom. The van der Waals surface area contributed by atoms with Crippen molar-refractivity contribution in [1.82, 2.24) is 0 Å². The number of nitrogens with one attached hydrogen (secondary N) is 1. The monoisotopic (exact) mass is 308 g/mol. The van der Waals surface area contributed by atoms with Crippen LogP contribution in [0.4, 0.5) is 5.69 Å². The lowest BCUT2D eigenvalue weighted by Crippen LogP contribution is -2.15. The molecule has 0 aliphatic carbocycles. The Bertz CT molecular complexity index is 656. The Morgan fingerprint density at radius 2 is 1.95 bits per heavy atom. The molecule has 0 unspecified atom stereocenters. The lowest BCUT2D eigenvalue weighted by molar-refractivity contribution is 0.100. The fourth-order valence-electron chi connectivity index (χ4n) is 1.96. The number of halogens is 2. The molecule has 3 N–H and O–H groups in total. The van der Waals surface area contributed by atoms with Gasteiger partial charge in [-0.2, -0.15) is 0 Å². The van der Waals surface area contributed by atoms with Crippen LogP contribution in [0.15, 0.2) is 36.4 Å². The second-order valence-corrected chi connectivity index (χ2v) is 5.30. The number of carbonyl (C=O) groups is 1. The molecule has 104 valence electrons. The third kappa shape index (κ3) is 3.24. The SMILES string of the molecule is Cc1ccccc1CNc1cc(Cl)cc(Cl)c1C(N)=O. The van der Waals surface area contributed by atoms with Crippen molar-refractivity contribution in [2.75, 3.05) is 5.32 Å². The lowest BCUT2D eigenvalue weighted by atomic mass is 10.1. The van der Waals surface area contributed by atoms with E-state index in [1.807, 2.05) is 31.2 Å². The molecule has 3 nitrogen and oxygen atoms in total. The summed E-state index contributed by atoms with van der Waals surface area (Å²) in [5.41, 5.74) is 8.44. The van der Waals surface area contributed by atoms with Crippen LogP contribution in [0.5, 0.6) is 0 Å². The summed E-state index contributed by atoms with van der Waals surface area (Å²) in [6.07, 6.45) is 0. The number of primary amides is 1. The molecule has 0 radical (unpaired) electrons. The quantitative estimate of drug-likeness (QED) is 0.896. The average molecular weight is 309 g/mol. The van der Waals surface area contributed by atoms with Crippen LogP contribution in [0, 0.1) is 6.92 Å². The number of hydrogen-bond donors (Lipinski definition) is 2. The third-order valence-electron chi connectivity index (χ3n) is 3.03. The van der Waals surface area contributed by atoms with E-state index in [0.29, 0.717) is 17.3 Å². The summed E-state index contributed by atoms with van der Waals surface area (Å²) in [5.74, 6) is -0.584. The maximum absolute atomic E-state index is 11.5. The Kier molecular flexibility index (Phi) is 4.53. The van der Waals surface area contributed by atoms with E-state index < -0.39 is 5.91 Å². The molecule has 0 fully saturated rings.